The van der Waals surface area contributed by atoms with Crippen LogP contribution in [0.1, 0.15) is 23.7 Å². The number of sulfonamides is 1. The van der Waals surface area contributed by atoms with Gasteiger partial charge in [-0.1, -0.05) is 0 Å². The number of carbonyl (C=O) groups excluding carboxylic acids is 1. The Morgan fingerprint density at radius 1 is 1.28 bits per heavy atom. The molecule has 0 aromatic carbocycles. The summed E-state index contributed by atoms with van der Waals surface area (Å²) in [4.78, 5) is 12.0. The minimum atomic E-state index is -3.25. The second kappa shape index (κ2) is 7.16. The highest BCUT2D eigenvalue weighted by Crippen LogP contribution is 2.30. The number of anilines is 1. The summed E-state index contributed by atoms with van der Waals surface area (Å²) in [5, 5.41) is 11.9. The standard InChI is InChI=1S/C18H23N7O3S/c1-3-23-9-13(7-20-23)12-6-16-17(15(18(19)26)8-21-25(16)10-12)22-14-4-5-24(11-14)29(2,27)28/h6-10,14,22H,3-5,11H2,1-2H3,(H2,19,26)/t14-/m0/s1. The van der Waals surface area contributed by atoms with Crippen LogP contribution < -0.4 is 11.1 Å². The van der Waals surface area contributed by atoms with E-state index < -0.39 is 15.9 Å². The lowest BCUT2D eigenvalue weighted by Crippen LogP contribution is -2.31. The average molecular weight is 417 g/mol. The van der Waals surface area contributed by atoms with Crippen molar-refractivity contribution in [1.82, 2.24) is 23.7 Å². The fourth-order valence-corrected chi connectivity index (χ4v) is 4.48. The number of nitrogens with two attached hydrogens (primary N) is 1. The zero-order valence-corrected chi connectivity index (χ0v) is 17.1. The summed E-state index contributed by atoms with van der Waals surface area (Å²) in [5.41, 5.74) is 8.93. The molecular formula is C18H23N7O3S. The van der Waals surface area contributed by atoms with Crippen LogP contribution in [0, 0.1) is 0 Å². The number of hydrogen-bond donors (Lipinski definition) is 2. The molecule has 29 heavy (non-hydrogen) atoms. The number of hydrogen-bond acceptors (Lipinski definition) is 6. The Balaban J connectivity index is 1.72. The van der Waals surface area contributed by atoms with Gasteiger partial charge in [-0.05, 0) is 19.4 Å². The Morgan fingerprint density at radius 3 is 2.69 bits per heavy atom. The smallest absolute Gasteiger partial charge is 0.252 e. The summed E-state index contributed by atoms with van der Waals surface area (Å²) < 4.78 is 28.6. The van der Waals surface area contributed by atoms with Crippen LogP contribution >= 0.6 is 0 Å². The third kappa shape index (κ3) is 3.70. The van der Waals surface area contributed by atoms with Crippen LogP contribution in [0.4, 0.5) is 5.69 Å². The Labute approximate surface area is 168 Å². The molecule has 1 aliphatic heterocycles. The van der Waals surface area contributed by atoms with Crippen molar-refractivity contribution < 1.29 is 13.2 Å². The van der Waals surface area contributed by atoms with E-state index in [1.54, 1.807) is 10.7 Å². The number of fused-ring (bicyclic) bond motifs is 1. The highest BCUT2D eigenvalue weighted by atomic mass is 32.2. The fourth-order valence-electron chi connectivity index (χ4n) is 3.59. The molecule has 1 fully saturated rings. The van der Waals surface area contributed by atoms with Gasteiger partial charge in [0.05, 0.1) is 35.4 Å². The van der Waals surface area contributed by atoms with Crippen molar-refractivity contribution in [3.63, 3.8) is 0 Å². The number of rotatable bonds is 6. The maximum atomic E-state index is 12.0. The van der Waals surface area contributed by atoms with Crippen molar-refractivity contribution in [2.75, 3.05) is 24.7 Å². The van der Waals surface area contributed by atoms with E-state index >= 15 is 0 Å². The quantitative estimate of drug-likeness (QED) is 0.610. The van der Waals surface area contributed by atoms with E-state index in [0.29, 0.717) is 30.7 Å². The van der Waals surface area contributed by atoms with Gasteiger partial charge in [0, 0.05) is 49.2 Å². The third-order valence-electron chi connectivity index (χ3n) is 5.16. The SMILES string of the molecule is CCn1cc(-c2cc3c(N[C@H]4CCN(S(C)(=O)=O)C4)c(C(N)=O)cnn3c2)cn1. The molecule has 0 radical (unpaired) electrons. The van der Waals surface area contributed by atoms with Crippen LogP contribution in [-0.2, 0) is 16.6 Å². The van der Waals surface area contributed by atoms with Crippen molar-refractivity contribution >= 4 is 27.1 Å². The molecule has 3 aromatic heterocycles. The molecular weight excluding hydrogens is 394 g/mol. The lowest BCUT2D eigenvalue weighted by molar-refractivity contribution is 0.100. The van der Waals surface area contributed by atoms with Gasteiger partial charge in [0.25, 0.3) is 5.91 Å². The number of carbonyl (C=O) groups is 1. The molecule has 10 nitrogen and oxygen atoms in total. The van der Waals surface area contributed by atoms with Gasteiger partial charge in [0.1, 0.15) is 0 Å². The molecule has 1 saturated heterocycles. The van der Waals surface area contributed by atoms with Gasteiger partial charge in [-0.15, -0.1) is 0 Å². The van der Waals surface area contributed by atoms with Gasteiger partial charge in [-0.3, -0.25) is 9.48 Å². The third-order valence-corrected chi connectivity index (χ3v) is 6.43. The van der Waals surface area contributed by atoms with Crippen LogP contribution in [0.2, 0.25) is 0 Å². The monoisotopic (exact) mass is 417 g/mol. The normalized spacial score (nSPS) is 17.8. The van der Waals surface area contributed by atoms with Crippen molar-refractivity contribution in [3.8, 4) is 11.1 Å². The van der Waals surface area contributed by atoms with E-state index in [4.69, 9.17) is 5.73 Å². The summed E-state index contributed by atoms with van der Waals surface area (Å²) in [7, 11) is -3.25. The zero-order chi connectivity index (χ0) is 20.8. The number of aromatic nitrogens is 4. The number of nitrogens with one attached hydrogen (secondary N) is 1. The molecule has 0 aliphatic carbocycles. The molecule has 0 unspecified atom stereocenters. The molecule has 3 N–H and O–H groups in total. The minimum absolute atomic E-state index is 0.129. The Morgan fingerprint density at radius 2 is 2.07 bits per heavy atom. The highest BCUT2D eigenvalue weighted by molar-refractivity contribution is 7.88. The zero-order valence-electron chi connectivity index (χ0n) is 16.2. The fraction of sp³-hybridized carbons (Fsp3) is 0.389. The first-order valence-corrected chi connectivity index (χ1v) is 11.2. The molecule has 0 spiro atoms. The maximum absolute atomic E-state index is 12.0. The van der Waals surface area contributed by atoms with Crippen molar-refractivity contribution in [1.29, 1.82) is 0 Å². The van der Waals surface area contributed by atoms with Crippen molar-refractivity contribution in [3.05, 3.63) is 36.4 Å². The summed E-state index contributed by atoms with van der Waals surface area (Å²) in [6.07, 6.45) is 8.85. The topological polar surface area (TPSA) is 128 Å². The van der Waals surface area contributed by atoms with Gasteiger partial charge < -0.3 is 11.1 Å². The second-order valence-electron chi connectivity index (χ2n) is 7.19. The molecule has 1 atom stereocenters. The van der Waals surface area contributed by atoms with Gasteiger partial charge in [-0.2, -0.15) is 10.2 Å². The summed E-state index contributed by atoms with van der Waals surface area (Å²) >= 11 is 0. The van der Waals surface area contributed by atoms with E-state index in [1.807, 2.05) is 30.1 Å². The van der Waals surface area contributed by atoms with Gasteiger partial charge in [0.2, 0.25) is 10.0 Å². The molecule has 4 heterocycles. The summed E-state index contributed by atoms with van der Waals surface area (Å²) in [6, 6.07) is 1.79. The minimum Gasteiger partial charge on any atom is -0.378 e. The largest absolute Gasteiger partial charge is 0.378 e. The Hall–Kier alpha value is -2.92. The second-order valence-corrected chi connectivity index (χ2v) is 9.17. The van der Waals surface area contributed by atoms with E-state index in [-0.39, 0.29) is 11.6 Å². The highest BCUT2D eigenvalue weighted by Gasteiger charge is 2.30. The van der Waals surface area contributed by atoms with Crippen LogP contribution in [0.25, 0.3) is 16.6 Å². The van der Waals surface area contributed by atoms with Crippen LogP contribution in [0.3, 0.4) is 0 Å². The molecule has 4 rings (SSSR count). The first-order valence-electron chi connectivity index (χ1n) is 9.32. The maximum Gasteiger partial charge on any atom is 0.252 e. The van der Waals surface area contributed by atoms with Gasteiger partial charge in [-0.25, -0.2) is 17.2 Å². The van der Waals surface area contributed by atoms with E-state index in [1.165, 1.54) is 16.8 Å². The predicted octanol–water partition coefficient (Wildman–Crippen LogP) is 0.762. The molecule has 0 saturated carbocycles. The molecule has 0 bridgehead atoms. The Bertz CT molecular complexity index is 1180. The van der Waals surface area contributed by atoms with Gasteiger partial charge in [0.15, 0.2) is 0 Å². The van der Waals surface area contributed by atoms with Crippen LogP contribution in [0.15, 0.2) is 30.9 Å². The van der Waals surface area contributed by atoms with Crippen LogP contribution in [-0.4, -0.2) is 63.4 Å². The molecule has 154 valence electrons. The molecule has 1 amide bonds. The number of amides is 1. The number of nitrogens with zero attached hydrogens (tertiary/aromatic N) is 5. The molecule has 3 aromatic rings. The van der Waals surface area contributed by atoms with Crippen molar-refractivity contribution in [2.24, 2.45) is 5.73 Å². The predicted molar refractivity (Wildman–Crippen MR) is 109 cm³/mol. The molecule has 1 aliphatic rings. The van der Waals surface area contributed by atoms with Crippen LogP contribution in [0.5, 0.6) is 0 Å². The number of primary amides is 1. The molecule has 11 heteroatoms. The van der Waals surface area contributed by atoms with E-state index in [9.17, 15) is 13.2 Å². The lowest BCUT2D eigenvalue weighted by Gasteiger charge is -2.18. The van der Waals surface area contributed by atoms with Crippen molar-refractivity contribution in [2.45, 2.75) is 25.9 Å². The first-order chi connectivity index (χ1) is 13.8. The lowest BCUT2D eigenvalue weighted by atomic mass is 10.1. The summed E-state index contributed by atoms with van der Waals surface area (Å²) in [5.74, 6) is -0.595. The summed E-state index contributed by atoms with van der Waals surface area (Å²) in [6.45, 7) is 3.55. The first kappa shape index (κ1) is 19.4. The van der Waals surface area contributed by atoms with E-state index in [2.05, 4.69) is 15.5 Å². The van der Waals surface area contributed by atoms with E-state index in [0.717, 1.165) is 17.7 Å². The Kier molecular flexibility index (Phi) is 4.79. The average Bonchev–Trinajstić information content (AvgIpc) is 3.39. The van der Waals surface area contributed by atoms with Gasteiger partial charge >= 0.3 is 0 Å². The number of aryl methyl sites for hydroxylation is 1.